The van der Waals surface area contributed by atoms with Gasteiger partial charge in [-0.2, -0.15) is 0 Å². The van der Waals surface area contributed by atoms with Crippen molar-refractivity contribution in [3.05, 3.63) is 33.4 Å². The Kier molecular flexibility index (Phi) is 9.52. The van der Waals surface area contributed by atoms with Crippen molar-refractivity contribution in [3.8, 4) is 0 Å². The van der Waals surface area contributed by atoms with E-state index in [-0.39, 0.29) is 12.0 Å². The average molecular weight is 418 g/mol. The number of benzene rings is 1. The van der Waals surface area contributed by atoms with Crippen LogP contribution in [0.25, 0.3) is 0 Å². The lowest BCUT2D eigenvalue weighted by atomic mass is 9.88. The Morgan fingerprint density at radius 1 is 1.18 bits per heavy atom. The Bertz CT molecular complexity index is 430. The first-order valence-corrected chi connectivity index (χ1v) is 9.28. The number of hydrogen-bond acceptors (Lipinski definition) is 2. The highest BCUT2D eigenvalue weighted by molar-refractivity contribution is 14.1. The summed E-state index contributed by atoms with van der Waals surface area (Å²) in [7, 11) is 0. The fourth-order valence-electron chi connectivity index (χ4n) is 2.75. The van der Waals surface area contributed by atoms with Gasteiger partial charge >= 0.3 is 6.16 Å². The second-order valence-electron chi connectivity index (χ2n) is 5.77. The highest BCUT2D eigenvalue weighted by Gasteiger charge is 2.23. The summed E-state index contributed by atoms with van der Waals surface area (Å²) in [6, 6.07) is 8.44. The second kappa shape index (κ2) is 10.9. The zero-order valence-electron chi connectivity index (χ0n) is 13.6. The maximum Gasteiger partial charge on any atom is 0.506 e. The Hall–Kier alpha value is -0.780. The van der Waals surface area contributed by atoms with Gasteiger partial charge in [0.1, 0.15) is 6.10 Å². The molecule has 0 aliphatic rings. The van der Waals surface area contributed by atoms with Crippen LogP contribution in [0.2, 0.25) is 0 Å². The van der Waals surface area contributed by atoms with Gasteiger partial charge in [0.05, 0.1) is 0 Å². The van der Waals surface area contributed by atoms with Crippen molar-refractivity contribution >= 4 is 28.7 Å². The first kappa shape index (κ1) is 19.3. The SMILES string of the molecule is CCCCCCC(OC(=O)O)C(CC)Cc1ccc(I)cc1. The van der Waals surface area contributed by atoms with E-state index in [4.69, 9.17) is 9.84 Å². The molecule has 0 saturated heterocycles. The van der Waals surface area contributed by atoms with E-state index < -0.39 is 6.16 Å². The van der Waals surface area contributed by atoms with E-state index in [1.165, 1.54) is 22.0 Å². The van der Waals surface area contributed by atoms with Gasteiger partial charge in [0.15, 0.2) is 0 Å². The summed E-state index contributed by atoms with van der Waals surface area (Å²) in [5.74, 6) is 0.248. The van der Waals surface area contributed by atoms with E-state index in [1.807, 2.05) is 0 Å². The molecule has 0 aliphatic heterocycles. The van der Waals surface area contributed by atoms with Crippen molar-refractivity contribution in [1.82, 2.24) is 0 Å². The van der Waals surface area contributed by atoms with Crippen molar-refractivity contribution in [1.29, 1.82) is 0 Å². The van der Waals surface area contributed by atoms with Gasteiger partial charge < -0.3 is 9.84 Å². The predicted octanol–water partition coefficient (Wildman–Crippen LogP) is 5.89. The van der Waals surface area contributed by atoms with Crippen LogP contribution in [0.5, 0.6) is 0 Å². The van der Waals surface area contributed by atoms with Crippen LogP contribution in [0.1, 0.15) is 57.9 Å². The Morgan fingerprint density at radius 2 is 1.86 bits per heavy atom. The van der Waals surface area contributed by atoms with Crippen LogP contribution in [0.15, 0.2) is 24.3 Å². The number of ether oxygens (including phenoxy) is 1. The lowest BCUT2D eigenvalue weighted by molar-refractivity contribution is 0.0180. The number of halogens is 1. The van der Waals surface area contributed by atoms with E-state index in [0.29, 0.717) is 0 Å². The third kappa shape index (κ3) is 7.47. The standard InChI is InChI=1S/C18H27IO3/c1-3-5-6-7-8-17(22-18(20)21)15(4-2)13-14-9-11-16(19)12-10-14/h9-12,15,17H,3-8,13H2,1-2H3,(H,20,21). The summed E-state index contributed by atoms with van der Waals surface area (Å²) in [6.45, 7) is 4.29. The zero-order chi connectivity index (χ0) is 16.4. The molecule has 1 aromatic rings. The first-order valence-electron chi connectivity index (χ1n) is 8.20. The lowest BCUT2D eigenvalue weighted by Crippen LogP contribution is -2.27. The minimum atomic E-state index is -1.15. The molecule has 3 nitrogen and oxygen atoms in total. The number of carbonyl (C=O) groups is 1. The molecule has 2 atom stereocenters. The van der Waals surface area contributed by atoms with E-state index in [9.17, 15) is 4.79 Å². The number of unbranched alkanes of at least 4 members (excludes halogenated alkanes) is 3. The van der Waals surface area contributed by atoms with Crippen LogP contribution in [-0.2, 0) is 11.2 Å². The summed E-state index contributed by atoms with van der Waals surface area (Å²) in [4.78, 5) is 11.0. The lowest BCUT2D eigenvalue weighted by Gasteiger charge is -2.25. The van der Waals surface area contributed by atoms with E-state index in [1.54, 1.807) is 0 Å². The quantitative estimate of drug-likeness (QED) is 0.293. The third-order valence-corrected chi connectivity index (χ3v) is 4.77. The second-order valence-corrected chi connectivity index (χ2v) is 7.02. The van der Waals surface area contributed by atoms with E-state index in [0.717, 1.165) is 32.1 Å². The van der Waals surface area contributed by atoms with Crippen LogP contribution in [0.4, 0.5) is 4.79 Å². The zero-order valence-corrected chi connectivity index (χ0v) is 15.7. The molecule has 0 aromatic heterocycles. The van der Waals surface area contributed by atoms with Crippen molar-refractivity contribution < 1.29 is 14.6 Å². The number of hydrogen-bond donors (Lipinski definition) is 1. The largest absolute Gasteiger partial charge is 0.506 e. The Balaban J connectivity index is 2.65. The van der Waals surface area contributed by atoms with Crippen LogP contribution in [-0.4, -0.2) is 17.4 Å². The smallest absolute Gasteiger partial charge is 0.450 e. The minimum Gasteiger partial charge on any atom is -0.450 e. The maximum absolute atomic E-state index is 11.0. The van der Waals surface area contributed by atoms with Crippen LogP contribution >= 0.6 is 22.6 Å². The Labute approximate surface area is 147 Å². The van der Waals surface area contributed by atoms with Crippen molar-refractivity contribution in [2.24, 2.45) is 5.92 Å². The van der Waals surface area contributed by atoms with Crippen LogP contribution < -0.4 is 0 Å². The van der Waals surface area contributed by atoms with Crippen molar-refractivity contribution in [2.45, 2.75) is 64.9 Å². The van der Waals surface area contributed by atoms with Gasteiger partial charge in [-0.15, -0.1) is 0 Å². The molecule has 4 heteroatoms. The van der Waals surface area contributed by atoms with Crippen molar-refractivity contribution in [2.75, 3.05) is 0 Å². The molecule has 22 heavy (non-hydrogen) atoms. The van der Waals surface area contributed by atoms with E-state index in [2.05, 4.69) is 60.7 Å². The number of carboxylic acid groups (broad SMARTS) is 1. The molecular formula is C18H27IO3. The van der Waals surface area contributed by atoms with Gasteiger partial charge in [-0.3, -0.25) is 0 Å². The van der Waals surface area contributed by atoms with Gasteiger partial charge in [-0.25, -0.2) is 4.79 Å². The van der Waals surface area contributed by atoms with Gasteiger partial charge in [-0.05, 0) is 71.9 Å². The summed E-state index contributed by atoms with van der Waals surface area (Å²) in [6.07, 6.45) is 5.86. The monoisotopic (exact) mass is 418 g/mol. The van der Waals surface area contributed by atoms with Gasteiger partial charge in [0.25, 0.3) is 0 Å². The molecule has 0 fully saturated rings. The number of rotatable bonds is 10. The molecule has 0 aliphatic carbocycles. The molecule has 0 heterocycles. The fraction of sp³-hybridized carbons (Fsp3) is 0.611. The average Bonchev–Trinajstić information content (AvgIpc) is 2.49. The molecule has 1 rings (SSSR count). The third-order valence-electron chi connectivity index (χ3n) is 4.06. The summed E-state index contributed by atoms with van der Waals surface area (Å²) in [5, 5.41) is 9.01. The van der Waals surface area contributed by atoms with Crippen LogP contribution in [0.3, 0.4) is 0 Å². The van der Waals surface area contributed by atoms with Gasteiger partial charge in [0, 0.05) is 3.57 Å². The highest BCUT2D eigenvalue weighted by atomic mass is 127. The van der Waals surface area contributed by atoms with Crippen LogP contribution in [0, 0.1) is 9.49 Å². The molecule has 0 saturated carbocycles. The summed E-state index contributed by atoms with van der Waals surface area (Å²) < 4.78 is 6.41. The molecule has 124 valence electrons. The Morgan fingerprint density at radius 3 is 2.41 bits per heavy atom. The predicted molar refractivity (Wildman–Crippen MR) is 98.3 cm³/mol. The molecule has 2 unspecified atom stereocenters. The molecule has 0 amide bonds. The summed E-state index contributed by atoms with van der Waals surface area (Å²) >= 11 is 2.29. The molecule has 0 bridgehead atoms. The molecule has 0 spiro atoms. The first-order chi connectivity index (χ1) is 10.6. The molecular weight excluding hydrogens is 391 g/mol. The fourth-order valence-corrected chi connectivity index (χ4v) is 3.11. The van der Waals surface area contributed by atoms with Crippen molar-refractivity contribution in [3.63, 3.8) is 0 Å². The molecule has 0 radical (unpaired) electrons. The molecule has 1 aromatic carbocycles. The summed E-state index contributed by atoms with van der Waals surface area (Å²) in [5.41, 5.74) is 1.25. The molecule has 1 N–H and O–H groups in total. The van der Waals surface area contributed by atoms with Gasteiger partial charge in [-0.1, -0.05) is 45.2 Å². The normalized spacial score (nSPS) is 13.6. The highest BCUT2D eigenvalue weighted by Crippen LogP contribution is 2.24. The van der Waals surface area contributed by atoms with Gasteiger partial charge in [0.2, 0.25) is 0 Å². The topological polar surface area (TPSA) is 46.5 Å². The van der Waals surface area contributed by atoms with E-state index >= 15 is 0 Å². The minimum absolute atomic E-state index is 0.196. The maximum atomic E-state index is 11.0.